The number of nitrogens with one attached hydrogen (secondary N) is 1. The highest BCUT2D eigenvalue weighted by Crippen LogP contribution is 2.26. The first-order chi connectivity index (χ1) is 11.9. The number of carbonyl (C=O) groups is 2. The summed E-state index contributed by atoms with van der Waals surface area (Å²) in [4.78, 5) is 25.1. The Bertz CT molecular complexity index is 781. The van der Waals surface area contributed by atoms with E-state index in [9.17, 15) is 9.59 Å². The van der Waals surface area contributed by atoms with E-state index < -0.39 is 0 Å². The van der Waals surface area contributed by atoms with Gasteiger partial charge in [-0.3, -0.25) is 9.59 Å². The van der Waals surface area contributed by atoms with Crippen molar-refractivity contribution in [2.24, 2.45) is 0 Å². The largest absolute Gasteiger partial charge is 0.484 e. The first-order valence-electron chi connectivity index (χ1n) is 7.54. The van der Waals surface area contributed by atoms with Crippen LogP contribution in [0.25, 0.3) is 0 Å². The molecule has 0 radical (unpaired) electrons. The number of para-hydroxylation sites is 1. The summed E-state index contributed by atoms with van der Waals surface area (Å²) in [5, 5.41) is 3.57. The molecule has 0 spiro atoms. The SMILES string of the molecule is CC(=O)N(C)Cc1ccccc1NC(=O)COc1ccc(Cl)c(Cl)c1. The number of carbonyl (C=O) groups excluding carboxylic acids is 2. The minimum absolute atomic E-state index is 0.0518. The van der Waals surface area contributed by atoms with Gasteiger partial charge in [-0.1, -0.05) is 41.4 Å². The van der Waals surface area contributed by atoms with Crippen LogP contribution in [0.5, 0.6) is 5.75 Å². The number of hydrogen-bond donors (Lipinski definition) is 1. The van der Waals surface area contributed by atoms with Gasteiger partial charge in [0.1, 0.15) is 5.75 Å². The summed E-state index contributed by atoms with van der Waals surface area (Å²) in [5.41, 5.74) is 1.47. The summed E-state index contributed by atoms with van der Waals surface area (Å²) in [7, 11) is 1.70. The molecule has 2 aromatic rings. The third-order valence-corrected chi connectivity index (χ3v) is 4.24. The molecule has 0 bridgehead atoms. The molecule has 1 N–H and O–H groups in total. The number of amides is 2. The van der Waals surface area contributed by atoms with Crippen LogP contribution in [0.1, 0.15) is 12.5 Å². The van der Waals surface area contributed by atoms with Gasteiger partial charge in [-0.25, -0.2) is 0 Å². The molecule has 0 heterocycles. The minimum Gasteiger partial charge on any atom is -0.484 e. The molecule has 2 amide bonds. The lowest BCUT2D eigenvalue weighted by Gasteiger charge is -2.18. The number of benzene rings is 2. The number of hydrogen-bond acceptors (Lipinski definition) is 3. The van der Waals surface area contributed by atoms with E-state index in [1.807, 2.05) is 18.2 Å². The van der Waals surface area contributed by atoms with Crippen LogP contribution in [-0.2, 0) is 16.1 Å². The van der Waals surface area contributed by atoms with Gasteiger partial charge in [-0.05, 0) is 23.8 Å². The van der Waals surface area contributed by atoms with Crippen molar-refractivity contribution >= 4 is 40.7 Å². The highest BCUT2D eigenvalue weighted by Gasteiger charge is 2.11. The molecule has 25 heavy (non-hydrogen) atoms. The molecule has 0 aliphatic carbocycles. The molecule has 0 aromatic heterocycles. The highest BCUT2D eigenvalue weighted by atomic mass is 35.5. The van der Waals surface area contributed by atoms with E-state index in [2.05, 4.69) is 5.32 Å². The molecule has 0 fully saturated rings. The highest BCUT2D eigenvalue weighted by molar-refractivity contribution is 6.42. The van der Waals surface area contributed by atoms with Gasteiger partial charge in [0.2, 0.25) is 5.91 Å². The van der Waals surface area contributed by atoms with Gasteiger partial charge in [-0.15, -0.1) is 0 Å². The molecule has 0 unspecified atom stereocenters. The second-order valence-corrected chi connectivity index (χ2v) is 6.26. The smallest absolute Gasteiger partial charge is 0.262 e. The summed E-state index contributed by atoms with van der Waals surface area (Å²) in [6.07, 6.45) is 0. The fraction of sp³-hybridized carbons (Fsp3) is 0.222. The van der Waals surface area contributed by atoms with Crippen molar-refractivity contribution in [3.8, 4) is 5.75 Å². The number of ether oxygens (including phenoxy) is 1. The summed E-state index contributed by atoms with van der Waals surface area (Å²) in [6, 6.07) is 12.1. The maximum atomic E-state index is 12.1. The third kappa shape index (κ3) is 5.66. The van der Waals surface area contributed by atoms with E-state index >= 15 is 0 Å². The van der Waals surface area contributed by atoms with Gasteiger partial charge >= 0.3 is 0 Å². The van der Waals surface area contributed by atoms with Crippen LogP contribution in [0.3, 0.4) is 0 Å². The molecule has 7 heteroatoms. The number of nitrogens with zero attached hydrogens (tertiary/aromatic N) is 1. The Kier molecular flexibility index (Phi) is 6.67. The zero-order chi connectivity index (χ0) is 18.4. The van der Waals surface area contributed by atoms with Crippen molar-refractivity contribution in [3.63, 3.8) is 0 Å². The summed E-state index contributed by atoms with van der Waals surface area (Å²) < 4.78 is 5.42. The van der Waals surface area contributed by atoms with Crippen LogP contribution in [-0.4, -0.2) is 30.4 Å². The zero-order valence-corrected chi connectivity index (χ0v) is 15.4. The minimum atomic E-state index is -0.316. The van der Waals surface area contributed by atoms with E-state index in [1.165, 1.54) is 6.92 Å². The van der Waals surface area contributed by atoms with Crippen molar-refractivity contribution in [1.29, 1.82) is 0 Å². The van der Waals surface area contributed by atoms with Crippen LogP contribution < -0.4 is 10.1 Å². The summed E-state index contributed by atoms with van der Waals surface area (Å²) in [5.74, 6) is 0.0854. The Balaban J connectivity index is 1.98. The van der Waals surface area contributed by atoms with Crippen molar-refractivity contribution in [3.05, 3.63) is 58.1 Å². The van der Waals surface area contributed by atoms with Gasteiger partial charge in [0.15, 0.2) is 6.61 Å². The lowest BCUT2D eigenvalue weighted by Crippen LogP contribution is -2.25. The molecule has 0 saturated carbocycles. The lowest BCUT2D eigenvalue weighted by molar-refractivity contribution is -0.128. The fourth-order valence-corrected chi connectivity index (χ4v) is 2.34. The van der Waals surface area contributed by atoms with E-state index in [-0.39, 0.29) is 18.4 Å². The maximum Gasteiger partial charge on any atom is 0.262 e. The molecule has 0 aliphatic heterocycles. The van der Waals surface area contributed by atoms with E-state index in [4.69, 9.17) is 27.9 Å². The van der Waals surface area contributed by atoms with Crippen LogP contribution in [0.15, 0.2) is 42.5 Å². The molecule has 0 aliphatic rings. The Labute approximate surface area is 156 Å². The number of halogens is 2. The quantitative estimate of drug-likeness (QED) is 0.823. The summed E-state index contributed by atoms with van der Waals surface area (Å²) in [6.45, 7) is 1.72. The predicted molar refractivity (Wildman–Crippen MR) is 99.2 cm³/mol. The molecule has 5 nitrogen and oxygen atoms in total. The van der Waals surface area contributed by atoms with Crippen LogP contribution in [0, 0.1) is 0 Å². The average molecular weight is 381 g/mol. The normalized spacial score (nSPS) is 10.2. The van der Waals surface area contributed by atoms with Gasteiger partial charge < -0.3 is 15.0 Å². The van der Waals surface area contributed by atoms with Gasteiger partial charge in [0.25, 0.3) is 5.91 Å². The molecular formula is C18H18Cl2N2O3. The predicted octanol–water partition coefficient (Wildman–Crippen LogP) is 3.99. The first-order valence-corrected chi connectivity index (χ1v) is 8.29. The molecule has 2 rings (SSSR count). The van der Waals surface area contributed by atoms with Crippen LogP contribution >= 0.6 is 23.2 Å². The molecular weight excluding hydrogens is 363 g/mol. The topological polar surface area (TPSA) is 58.6 Å². The molecule has 132 valence electrons. The van der Waals surface area contributed by atoms with Crippen molar-refractivity contribution in [2.75, 3.05) is 19.0 Å². The average Bonchev–Trinajstić information content (AvgIpc) is 2.57. The van der Waals surface area contributed by atoms with E-state index in [0.717, 1.165) is 5.56 Å². The standard InChI is InChI=1S/C18H18Cl2N2O3/c1-12(23)22(2)10-13-5-3-4-6-17(13)21-18(24)11-25-14-7-8-15(19)16(20)9-14/h3-9H,10-11H2,1-2H3,(H,21,24). The Morgan fingerprint density at radius 3 is 2.52 bits per heavy atom. The van der Waals surface area contributed by atoms with Crippen LogP contribution in [0.2, 0.25) is 10.0 Å². The Morgan fingerprint density at radius 2 is 1.84 bits per heavy atom. The Morgan fingerprint density at radius 1 is 1.12 bits per heavy atom. The summed E-state index contributed by atoms with van der Waals surface area (Å²) >= 11 is 11.7. The second kappa shape index (κ2) is 8.74. The van der Waals surface area contributed by atoms with Gasteiger partial charge in [0, 0.05) is 32.3 Å². The third-order valence-electron chi connectivity index (χ3n) is 3.50. The lowest BCUT2D eigenvalue weighted by atomic mass is 10.1. The second-order valence-electron chi connectivity index (χ2n) is 5.44. The number of anilines is 1. The Hall–Kier alpha value is -2.24. The van der Waals surface area contributed by atoms with Crippen LogP contribution in [0.4, 0.5) is 5.69 Å². The monoisotopic (exact) mass is 380 g/mol. The zero-order valence-electron chi connectivity index (χ0n) is 13.9. The maximum absolute atomic E-state index is 12.1. The fourth-order valence-electron chi connectivity index (χ4n) is 2.05. The number of rotatable bonds is 6. The van der Waals surface area contributed by atoms with Crippen molar-refractivity contribution in [2.45, 2.75) is 13.5 Å². The van der Waals surface area contributed by atoms with Crippen molar-refractivity contribution < 1.29 is 14.3 Å². The van der Waals surface area contributed by atoms with E-state index in [0.29, 0.717) is 28.0 Å². The van der Waals surface area contributed by atoms with Gasteiger partial charge in [0.05, 0.1) is 10.0 Å². The molecule has 0 atom stereocenters. The van der Waals surface area contributed by atoms with Gasteiger partial charge in [-0.2, -0.15) is 0 Å². The molecule has 0 saturated heterocycles. The van der Waals surface area contributed by atoms with E-state index in [1.54, 1.807) is 36.2 Å². The molecule has 2 aromatic carbocycles. The van der Waals surface area contributed by atoms with Crippen molar-refractivity contribution in [1.82, 2.24) is 4.90 Å². The first kappa shape index (κ1) is 19.1.